The molecular weight excluding hydrogens is 252 g/mol. The number of thiol groups is 1. The molecule has 1 aromatic carbocycles. The lowest BCUT2D eigenvalue weighted by atomic mass is 10.1. The molecule has 1 atom stereocenters. The molecule has 2 heteroatoms. The molecule has 0 aliphatic heterocycles. The summed E-state index contributed by atoms with van der Waals surface area (Å²) in [6.07, 6.45) is 10.8. The highest BCUT2D eigenvalue weighted by molar-refractivity contribution is 7.80. The molecule has 0 fully saturated rings. The van der Waals surface area contributed by atoms with Gasteiger partial charge in [0.15, 0.2) is 0 Å². The van der Waals surface area contributed by atoms with Gasteiger partial charge in [-0.3, -0.25) is 0 Å². The van der Waals surface area contributed by atoms with Crippen molar-refractivity contribution in [2.45, 2.75) is 64.4 Å². The molecule has 1 aromatic rings. The van der Waals surface area contributed by atoms with Crippen LogP contribution in [-0.2, 0) is 0 Å². The summed E-state index contributed by atoms with van der Waals surface area (Å²) in [5, 5.41) is 0. The van der Waals surface area contributed by atoms with Crippen LogP contribution < -0.4 is 4.74 Å². The average Bonchev–Trinajstić information content (AvgIpc) is 2.46. The van der Waals surface area contributed by atoms with Crippen molar-refractivity contribution in [2.24, 2.45) is 0 Å². The summed E-state index contributed by atoms with van der Waals surface area (Å²) in [4.78, 5) is 0. The molecule has 0 saturated heterocycles. The minimum atomic E-state index is 0.251. The first-order chi connectivity index (χ1) is 9.36. The fourth-order valence-electron chi connectivity index (χ4n) is 2.21. The van der Waals surface area contributed by atoms with Gasteiger partial charge in [-0.25, -0.2) is 0 Å². The monoisotopic (exact) mass is 280 g/mol. The van der Waals surface area contributed by atoms with Crippen molar-refractivity contribution in [1.29, 1.82) is 0 Å². The zero-order valence-electron chi connectivity index (χ0n) is 12.2. The molecule has 1 unspecified atom stereocenters. The molecule has 0 aromatic heterocycles. The van der Waals surface area contributed by atoms with Crippen molar-refractivity contribution in [2.75, 3.05) is 5.75 Å². The Morgan fingerprint density at radius 3 is 2.21 bits per heavy atom. The summed E-state index contributed by atoms with van der Waals surface area (Å²) in [6, 6.07) is 10.1. The normalized spacial score (nSPS) is 12.3. The largest absolute Gasteiger partial charge is 0.490 e. The van der Waals surface area contributed by atoms with Gasteiger partial charge in [0, 0.05) is 5.75 Å². The Morgan fingerprint density at radius 1 is 0.947 bits per heavy atom. The van der Waals surface area contributed by atoms with E-state index >= 15 is 0 Å². The molecule has 108 valence electrons. The minimum Gasteiger partial charge on any atom is -0.490 e. The van der Waals surface area contributed by atoms with Crippen molar-refractivity contribution >= 4 is 12.6 Å². The van der Waals surface area contributed by atoms with E-state index in [0.29, 0.717) is 0 Å². The standard InChI is InChI=1S/C17H28OS/c1-2-3-4-5-6-7-9-14-17(15-19)18-16-12-10-8-11-13-16/h8,10-13,17,19H,2-7,9,14-15H2,1H3. The number of unbranched alkanes of at least 4 members (excludes halogenated alkanes) is 6. The second-order valence-corrected chi connectivity index (χ2v) is 5.51. The lowest BCUT2D eigenvalue weighted by Crippen LogP contribution is -2.18. The molecule has 0 amide bonds. The van der Waals surface area contributed by atoms with Crippen LogP contribution in [-0.4, -0.2) is 11.9 Å². The van der Waals surface area contributed by atoms with E-state index in [4.69, 9.17) is 4.74 Å². The maximum atomic E-state index is 5.93. The summed E-state index contributed by atoms with van der Waals surface area (Å²) < 4.78 is 5.93. The van der Waals surface area contributed by atoms with E-state index in [9.17, 15) is 0 Å². The first kappa shape index (κ1) is 16.4. The number of para-hydroxylation sites is 1. The Balaban J connectivity index is 2.09. The summed E-state index contributed by atoms with van der Waals surface area (Å²) in [5.41, 5.74) is 0. The molecule has 0 heterocycles. The Morgan fingerprint density at radius 2 is 1.58 bits per heavy atom. The van der Waals surface area contributed by atoms with Crippen LogP contribution in [0.5, 0.6) is 5.75 Å². The fourth-order valence-corrected chi connectivity index (χ4v) is 2.47. The number of hydrogen-bond acceptors (Lipinski definition) is 2. The van der Waals surface area contributed by atoms with Gasteiger partial charge in [-0.2, -0.15) is 12.6 Å². The number of rotatable bonds is 11. The molecule has 0 bridgehead atoms. The average molecular weight is 280 g/mol. The van der Waals surface area contributed by atoms with Gasteiger partial charge in [0.1, 0.15) is 11.9 Å². The Bertz CT molecular complexity index is 299. The molecular formula is C17H28OS. The van der Waals surface area contributed by atoms with Crippen LogP contribution in [0.15, 0.2) is 30.3 Å². The van der Waals surface area contributed by atoms with Crippen LogP contribution in [0.4, 0.5) is 0 Å². The van der Waals surface area contributed by atoms with Crippen molar-refractivity contribution in [3.8, 4) is 5.75 Å². The molecule has 0 spiro atoms. The maximum absolute atomic E-state index is 5.93. The number of benzene rings is 1. The molecule has 0 N–H and O–H groups in total. The molecule has 19 heavy (non-hydrogen) atoms. The molecule has 1 nitrogen and oxygen atoms in total. The van der Waals surface area contributed by atoms with Gasteiger partial charge in [-0.15, -0.1) is 0 Å². The SMILES string of the molecule is CCCCCCCCCC(CS)Oc1ccccc1. The highest BCUT2D eigenvalue weighted by atomic mass is 32.1. The van der Waals surface area contributed by atoms with Crippen LogP contribution in [0.25, 0.3) is 0 Å². The van der Waals surface area contributed by atoms with Gasteiger partial charge in [-0.05, 0) is 25.0 Å². The van der Waals surface area contributed by atoms with E-state index in [2.05, 4.69) is 19.6 Å². The van der Waals surface area contributed by atoms with Crippen molar-refractivity contribution in [1.82, 2.24) is 0 Å². The summed E-state index contributed by atoms with van der Waals surface area (Å²) >= 11 is 4.39. The highest BCUT2D eigenvalue weighted by Gasteiger charge is 2.07. The molecule has 0 aliphatic carbocycles. The lowest BCUT2D eigenvalue weighted by Gasteiger charge is -2.17. The van der Waals surface area contributed by atoms with Crippen LogP contribution in [0.1, 0.15) is 58.3 Å². The Labute approximate surface area is 124 Å². The molecule has 1 rings (SSSR count). The van der Waals surface area contributed by atoms with Gasteiger partial charge >= 0.3 is 0 Å². The second-order valence-electron chi connectivity index (χ2n) is 5.15. The first-order valence-electron chi connectivity index (χ1n) is 7.69. The van der Waals surface area contributed by atoms with E-state index in [1.54, 1.807) is 0 Å². The van der Waals surface area contributed by atoms with E-state index in [1.807, 2.05) is 30.3 Å². The minimum absolute atomic E-state index is 0.251. The van der Waals surface area contributed by atoms with Crippen molar-refractivity contribution < 1.29 is 4.74 Å². The third kappa shape index (κ3) is 8.20. The zero-order chi connectivity index (χ0) is 13.8. The van der Waals surface area contributed by atoms with E-state index in [0.717, 1.165) is 17.9 Å². The van der Waals surface area contributed by atoms with Crippen LogP contribution >= 0.6 is 12.6 Å². The molecule has 0 aliphatic rings. The van der Waals surface area contributed by atoms with E-state index < -0.39 is 0 Å². The van der Waals surface area contributed by atoms with E-state index in [1.165, 1.54) is 44.9 Å². The fraction of sp³-hybridized carbons (Fsp3) is 0.647. The summed E-state index contributed by atoms with van der Waals surface area (Å²) in [7, 11) is 0. The van der Waals surface area contributed by atoms with Crippen LogP contribution in [0.3, 0.4) is 0 Å². The van der Waals surface area contributed by atoms with Gasteiger partial charge < -0.3 is 4.74 Å². The van der Waals surface area contributed by atoms with Gasteiger partial charge in [0.05, 0.1) is 0 Å². The predicted octanol–water partition coefficient (Wildman–Crippen LogP) is 5.50. The maximum Gasteiger partial charge on any atom is 0.119 e. The molecule has 0 radical (unpaired) electrons. The number of hydrogen-bond donors (Lipinski definition) is 1. The predicted molar refractivity (Wildman–Crippen MR) is 87.3 cm³/mol. The second kappa shape index (κ2) is 11.2. The number of ether oxygens (including phenoxy) is 1. The first-order valence-corrected chi connectivity index (χ1v) is 8.32. The van der Waals surface area contributed by atoms with Crippen molar-refractivity contribution in [3.63, 3.8) is 0 Å². The summed E-state index contributed by atoms with van der Waals surface area (Å²) in [5.74, 6) is 1.76. The van der Waals surface area contributed by atoms with Gasteiger partial charge in [0.2, 0.25) is 0 Å². The summed E-state index contributed by atoms with van der Waals surface area (Å²) in [6.45, 7) is 2.26. The van der Waals surface area contributed by atoms with E-state index in [-0.39, 0.29) is 6.10 Å². The van der Waals surface area contributed by atoms with Crippen LogP contribution in [0.2, 0.25) is 0 Å². The quantitative estimate of drug-likeness (QED) is 0.415. The third-order valence-corrected chi connectivity index (χ3v) is 3.79. The van der Waals surface area contributed by atoms with Crippen molar-refractivity contribution in [3.05, 3.63) is 30.3 Å². The molecule has 0 saturated carbocycles. The lowest BCUT2D eigenvalue weighted by molar-refractivity contribution is 0.211. The van der Waals surface area contributed by atoms with Gasteiger partial charge in [-0.1, -0.05) is 63.6 Å². The zero-order valence-corrected chi connectivity index (χ0v) is 13.1. The topological polar surface area (TPSA) is 9.23 Å². The smallest absolute Gasteiger partial charge is 0.119 e. The third-order valence-electron chi connectivity index (χ3n) is 3.38. The van der Waals surface area contributed by atoms with Crippen LogP contribution in [0, 0.1) is 0 Å². The Kier molecular flexibility index (Phi) is 9.70. The van der Waals surface area contributed by atoms with Gasteiger partial charge in [0.25, 0.3) is 0 Å². The Hall–Kier alpha value is -0.630. The highest BCUT2D eigenvalue weighted by Crippen LogP contribution is 2.16.